The van der Waals surface area contributed by atoms with E-state index in [0.717, 1.165) is 6.07 Å². The Labute approximate surface area is 176 Å². The zero-order valence-electron chi connectivity index (χ0n) is 15.8. The third kappa shape index (κ3) is 5.51. The van der Waals surface area contributed by atoms with Gasteiger partial charge in [0.25, 0.3) is 5.91 Å². The lowest BCUT2D eigenvalue weighted by molar-refractivity contribution is -0.137. The van der Waals surface area contributed by atoms with Gasteiger partial charge in [0.05, 0.1) is 11.3 Å². The number of hydrogen-bond donors (Lipinski definition) is 2. The van der Waals surface area contributed by atoms with E-state index in [4.69, 9.17) is 5.14 Å². The zero-order valence-corrected chi connectivity index (χ0v) is 16.6. The highest BCUT2D eigenvalue weighted by molar-refractivity contribution is 7.89. The SMILES string of the molecule is NS(=O)(=O)c1ccccc1NC(=O)c1ccc(C#Cc2ccccc2)c(C(F)(F)F)c1. The third-order valence-corrected chi connectivity index (χ3v) is 5.11. The summed E-state index contributed by atoms with van der Waals surface area (Å²) in [5, 5.41) is 7.40. The van der Waals surface area contributed by atoms with E-state index in [1.54, 1.807) is 30.3 Å². The number of nitrogens with one attached hydrogen (secondary N) is 1. The van der Waals surface area contributed by atoms with E-state index in [1.807, 2.05) is 0 Å². The number of nitrogens with two attached hydrogens (primary N) is 1. The maximum Gasteiger partial charge on any atom is 0.417 e. The predicted molar refractivity (Wildman–Crippen MR) is 110 cm³/mol. The third-order valence-electron chi connectivity index (χ3n) is 4.14. The fourth-order valence-corrected chi connectivity index (χ4v) is 3.40. The number of anilines is 1. The largest absolute Gasteiger partial charge is 0.417 e. The Kier molecular flexibility index (Phi) is 6.15. The number of primary sulfonamides is 1. The predicted octanol–water partition coefficient (Wildman–Crippen LogP) is 4.00. The molecule has 9 heteroatoms. The van der Waals surface area contributed by atoms with Crippen LogP contribution < -0.4 is 10.5 Å². The first-order chi connectivity index (χ1) is 14.6. The molecule has 0 fully saturated rings. The van der Waals surface area contributed by atoms with Gasteiger partial charge >= 0.3 is 6.18 Å². The van der Waals surface area contributed by atoms with Crippen LogP contribution in [-0.4, -0.2) is 14.3 Å². The highest BCUT2D eigenvalue weighted by Crippen LogP contribution is 2.33. The quantitative estimate of drug-likeness (QED) is 0.599. The molecule has 0 aliphatic heterocycles. The molecule has 0 saturated carbocycles. The molecule has 0 aromatic heterocycles. The van der Waals surface area contributed by atoms with Crippen molar-refractivity contribution in [3.05, 3.63) is 95.1 Å². The second kappa shape index (κ2) is 8.63. The van der Waals surface area contributed by atoms with Crippen LogP contribution in [-0.2, 0) is 16.2 Å². The smallest absolute Gasteiger partial charge is 0.321 e. The summed E-state index contributed by atoms with van der Waals surface area (Å²) in [6, 6.07) is 16.7. The average molecular weight is 444 g/mol. The Morgan fingerprint density at radius 1 is 0.903 bits per heavy atom. The summed E-state index contributed by atoms with van der Waals surface area (Å²) in [6.45, 7) is 0. The van der Waals surface area contributed by atoms with Crippen molar-refractivity contribution in [3.63, 3.8) is 0 Å². The van der Waals surface area contributed by atoms with Crippen molar-refractivity contribution in [2.45, 2.75) is 11.1 Å². The Hall–Kier alpha value is -3.61. The van der Waals surface area contributed by atoms with Crippen molar-refractivity contribution in [1.82, 2.24) is 0 Å². The van der Waals surface area contributed by atoms with Gasteiger partial charge in [-0.3, -0.25) is 4.79 Å². The summed E-state index contributed by atoms with van der Waals surface area (Å²) in [5.74, 6) is 4.21. The van der Waals surface area contributed by atoms with Crippen LogP contribution >= 0.6 is 0 Å². The first-order valence-electron chi connectivity index (χ1n) is 8.77. The number of carbonyl (C=O) groups is 1. The minimum atomic E-state index is -4.75. The summed E-state index contributed by atoms with van der Waals surface area (Å²) in [4.78, 5) is 12.2. The van der Waals surface area contributed by atoms with Crippen molar-refractivity contribution >= 4 is 21.6 Å². The van der Waals surface area contributed by atoms with Gasteiger partial charge in [0.2, 0.25) is 10.0 Å². The average Bonchev–Trinajstić information content (AvgIpc) is 2.72. The Balaban J connectivity index is 1.97. The molecular weight excluding hydrogens is 429 g/mol. The van der Waals surface area contributed by atoms with E-state index in [2.05, 4.69) is 17.2 Å². The van der Waals surface area contributed by atoms with Crippen molar-refractivity contribution in [1.29, 1.82) is 0 Å². The molecule has 5 nitrogen and oxygen atoms in total. The molecule has 0 heterocycles. The minimum Gasteiger partial charge on any atom is -0.321 e. The number of benzene rings is 3. The van der Waals surface area contributed by atoms with Gasteiger partial charge in [-0.2, -0.15) is 13.2 Å². The molecule has 0 aliphatic carbocycles. The van der Waals surface area contributed by atoms with Gasteiger partial charge in [0, 0.05) is 16.7 Å². The second-order valence-corrected chi connectivity index (χ2v) is 7.90. The molecule has 3 aromatic rings. The first kappa shape index (κ1) is 22.1. The summed E-state index contributed by atoms with van der Waals surface area (Å²) >= 11 is 0. The topological polar surface area (TPSA) is 89.3 Å². The van der Waals surface area contributed by atoms with Crippen molar-refractivity contribution < 1.29 is 26.4 Å². The lowest BCUT2D eigenvalue weighted by atomic mass is 10.0. The van der Waals surface area contributed by atoms with E-state index in [-0.39, 0.29) is 21.7 Å². The van der Waals surface area contributed by atoms with Gasteiger partial charge in [-0.25, -0.2) is 13.6 Å². The van der Waals surface area contributed by atoms with E-state index in [0.29, 0.717) is 11.6 Å². The van der Waals surface area contributed by atoms with Gasteiger partial charge in [-0.15, -0.1) is 0 Å². The number of sulfonamides is 1. The van der Waals surface area contributed by atoms with Crippen molar-refractivity contribution in [3.8, 4) is 11.8 Å². The Bertz CT molecular complexity index is 1290. The van der Waals surface area contributed by atoms with E-state index >= 15 is 0 Å². The normalized spacial score (nSPS) is 11.4. The van der Waals surface area contributed by atoms with Crippen LogP contribution in [0.2, 0.25) is 0 Å². The van der Waals surface area contributed by atoms with Crippen LogP contribution in [0, 0.1) is 11.8 Å². The van der Waals surface area contributed by atoms with Crippen LogP contribution in [0.4, 0.5) is 18.9 Å². The van der Waals surface area contributed by atoms with Gasteiger partial charge < -0.3 is 5.32 Å². The molecule has 0 aliphatic rings. The number of hydrogen-bond acceptors (Lipinski definition) is 3. The molecule has 158 valence electrons. The second-order valence-electron chi connectivity index (χ2n) is 6.37. The standard InChI is InChI=1S/C22H15F3N2O3S/c23-22(24,25)18-14-17(13-12-16(18)11-10-15-6-2-1-3-7-15)21(28)27-19-8-4-5-9-20(19)31(26,29)30/h1-9,12-14H,(H,27,28)(H2,26,29,30). The fourth-order valence-electron chi connectivity index (χ4n) is 2.70. The lowest BCUT2D eigenvalue weighted by Gasteiger charge is -2.13. The monoisotopic (exact) mass is 444 g/mol. The minimum absolute atomic E-state index is 0.142. The molecule has 0 atom stereocenters. The highest BCUT2D eigenvalue weighted by Gasteiger charge is 2.34. The molecule has 31 heavy (non-hydrogen) atoms. The van der Waals surface area contributed by atoms with Crippen LogP contribution in [0.1, 0.15) is 27.0 Å². The number of carbonyl (C=O) groups excluding carboxylic acids is 1. The Morgan fingerprint density at radius 2 is 1.55 bits per heavy atom. The molecule has 3 N–H and O–H groups in total. The summed E-state index contributed by atoms with van der Waals surface area (Å²) in [6.07, 6.45) is -4.75. The molecule has 0 unspecified atom stereocenters. The van der Waals surface area contributed by atoms with Crippen LogP contribution in [0.15, 0.2) is 77.7 Å². The molecule has 0 saturated heterocycles. The van der Waals surface area contributed by atoms with Crippen LogP contribution in [0.3, 0.4) is 0 Å². The zero-order chi connectivity index (χ0) is 22.6. The van der Waals surface area contributed by atoms with E-state index in [9.17, 15) is 26.4 Å². The Morgan fingerprint density at radius 3 is 2.19 bits per heavy atom. The van der Waals surface area contributed by atoms with Gasteiger partial charge in [0.1, 0.15) is 4.90 Å². The number of alkyl halides is 3. The molecule has 3 aromatic carbocycles. The van der Waals surface area contributed by atoms with Gasteiger partial charge in [-0.1, -0.05) is 42.2 Å². The highest BCUT2D eigenvalue weighted by atomic mass is 32.2. The van der Waals surface area contributed by atoms with Crippen LogP contribution in [0.25, 0.3) is 0 Å². The van der Waals surface area contributed by atoms with Crippen molar-refractivity contribution in [2.75, 3.05) is 5.32 Å². The summed E-state index contributed by atoms with van der Waals surface area (Å²) in [5.41, 5.74) is -1.29. The molecule has 0 bridgehead atoms. The van der Waals surface area contributed by atoms with Gasteiger partial charge in [-0.05, 0) is 42.5 Å². The molecule has 1 amide bonds. The van der Waals surface area contributed by atoms with E-state index < -0.39 is 27.7 Å². The molecule has 0 spiro atoms. The lowest BCUT2D eigenvalue weighted by Crippen LogP contribution is -2.19. The molecule has 3 rings (SSSR count). The number of para-hydroxylation sites is 1. The number of halogens is 3. The van der Waals surface area contributed by atoms with Crippen LogP contribution in [0.5, 0.6) is 0 Å². The van der Waals surface area contributed by atoms with Crippen molar-refractivity contribution in [2.24, 2.45) is 5.14 Å². The van der Waals surface area contributed by atoms with E-state index in [1.165, 1.54) is 30.3 Å². The summed E-state index contributed by atoms with van der Waals surface area (Å²) < 4.78 is 64.0. The fraction of sp³-hybridized carbons (Fsp3) is 0.0455. The maximum atomic E-state index is 13.6. The summed E-state index contributed by atoms with van der Waals surface area (Å²) in [7, 11) is -4.15. The number of rotatable bonds is 3. The molecule has 0 radical (unpaired) electrons. The van der Waals surface area contributed by atoms with Gasteiger partial charge in [0.15, 0.2) is 0 Å². The molecular formula is C22H15F3N2O3S. The maximum absolute atomic E-state index is 13.6. The number of amides is 1. The first-order valence-corrected chi connectivity index (χ1v) is 10.3.